The molecule has 0 radical (unpaired) electrons. The van der Waals surface area contributed by atoms with Gasteiger partial charge in [-0.3, -0.25) is 4.98 Å². The first kappa shape index (κ1) is 11.0. The Hall–Kier alpha value is -1.49. The van der Waals surface area contributed by atoms with E-state index in [0.29, 0.717) is 5.92 Å². The molecule has 1 aliphatic heterocycles. The van der Waals surface area contributed by atoms with Gasteiger partial charge >= 0.3 is 5.97 Å². The van der Waals surface area contributed by atoms with Gasteiger partial charge in [0.25, 0.3) is 0 Å². The highest BCUT2D eigenvalue weighted by Gasteiger charge is 2.15. The van der Waals surface area contributed by atoms with Crippen molar-refractivity contribution >= 4 is 5.97 Å². The van der Waals surface area contributed by atoms with E-state index in [-0.39, 0.29) is 5.69 Å². The highest BCUT2D eigenvalue weighted by atomic mass is 16.5. The fourth-order valence-corrected chi connectivity index (χ4v) is 1.82. The monoisotopic (exact) mass is 222 g/mol. The van der Waals surface area contributed by atoms with Crippen LogP contribution in [0, 0.1) is 5.92 Å². The normalized spacial score (nSPS) is 17.2. The summed E-state index contributed by atoms with van der Waals surface area (Å²) in [6, 6.07) is 0. The minimum atomic E-state index is -1.04. The third kappa shape index (κ3) is 2.76. The largest absolute Gasteiger partial charge is 0.476 e. The summed E-state index contributed by atoms with van der Waals surface area (Å²) in [7, 11) is 0. The van der Waals surface area contributed by atoms with E-state index >= 15 is 0 Å². The molecule has 86 valence electrons. The summed E-state index contributed by atoms with van der Waals surface area (Å²) in [5.74, 6) is -0.455. The van der Waals surface area contributed by atoms with Crippen molar-refractivity contribution in [2.24, 2.45) is 5.92 Å². The zero-order valence-electron chi connectivity index (χ0n) is 8.93. The molecular weight excluding hydrogens is 208 g/mol. The zero-order chi connectivity index (χ0) is 11.4. The molecule has 1 N–H and O–H groups in total. The summed E-state index contributed by atoms with van der Waals surface area (Å²) in [6.45, 7) is 1.62. The Balaban J connectivity index is 1.96. The molecule has 0 spiro atoms. The van der Waals surface area contributed by atoms with Crippen LogP contribution in [0.5, 0.6) is 0 Å². The third-order valence-electron chi connectivity index (χ3n) is 2.76. The summed E-state index contributed by atoms with van der Waals surface area (Å²) in [6.07, 6.45) is 5.82. The molecule has 2 heterocycles. The van der Waals surface area contributed by atoms with Crippen LogP contribution in [-0.2, 0) is 11.2 Å². The quantitative estimate of drug-likeness (QED) is 0.830. The molecule has 0 atom stereocenters. The highest BCUT2D eigenvalue weighted by molar-refractivity contribution is 5.84. The second-order valence-corrected chi connectivity index (χ2v) is 3.96. The van der Waals surface area contributed by atoms with Gasteiger partial charge in [0.2, 0.25) is 0 Å². The van der Waals surface area contributed by atoms with Crippen LogP contribution in [0.1, 0.15) is 29.0 Å². The molecule has 5 nitrogen and oxygen atoms in total. The van der Waals surface area contributed by atoms with Crippen molar-refractivity contribution in [2.45, 2.75) is 19.3 Å². The maximum atomic E-state index is 10.6. The van der Waals surface area contributed by atoms with Gasteiger partial charge in [-0.25, -0.2) is 9.78 Å². The predicted molar refractivity (Wildman–Crippen MR) is 56.2 cm³/mol. The molecule has 16 heavy (non-hydrogen) atoms. The lowest BCUT2D eigenvalue weighted by Crippen LogP contribution is -2.18. The summed E-state index contributed by atoms with van der Waals surface area (Å²) in [4.78, 5) is 18.5. The molecule has 1 aliphatic rings. The molecular formula is C11H14N2O3. The first-order chi connectivity index (χ1) is 7.75. The van der Waals surface area contributed by atoms with Crippen LogP contribution in [0.4, 0.5) is 0 Å². The Labute approximate surface area is 93.5 Å². The average molecular weight is 222 g/mol. The molecule has 1 saturated heterocycles. The summed E-state index contributed by atoms with van der Waals surface area (Å²) in [5, 5.41) is 8.68. The van der Waals surface area contributed by atoms with Crippen molar-refractivity contribution in [2.75, 3.05) is 13.2 Å². The van der Waals surface area contributed by atoms with Crippen LogP contribution in [0.25, 0.3) is 0 Å². The van der Waals surface area contributed by atoms with Crippen LogP contribution in [0.15, 0.2) is 12.4 Å². The van der Waals surface area contributed by atoms with Gasteiger partial charge in [0.05, 0.1) is 11.9 Å². The van der Waals surface area contributed by atoms with Crippen LogP contribution in [0.2, 0.25) is 0 Å². The van der Waals surface area contributed by atoms with Gasteiger partial charge in [0.15, 0.2) is 5.69 Å². The maximum Gasteiger partial charge on any atom is 0.356 e. The Kier molecular flexibility index (Phi) is 3.46. The van der Waals surface area contributed by atoms with Gasteiger partial charge in [-0.1, -0.05) is 0 Å². The third-order valence-corrected chi connectivity index (χ3v) is 2.76. The fraction of sp³-hybridized carbons (Fsp3) is 0.545. The first-order valence-electron chi connectivity index (χ1n) is 5.37. The lowest BCUT2D eigenvalue weighted by molar-refractivity contribution is 0.0662. The van der Waals surface area contributed by atoms with Crippen molar-refractivity contribution in [3.8, 4) is 0 Å². The maximum absolute atomic E-state index is 10.6. The summed E-state index contributed by atoms with van der Waals surface area (Å²) in [5.41, 5.74) is 0.854. The zero-order valence-corrected chi connectivity index (χ0v) is 8.93. The number of hydrogen-bond acceptors (Lipinski definition) is 4. The standard InChI is InChI=1S/C11H14N2O3/c14-11(15)10-7-12-9(6-13-10)5-8-1-3-16-4-2-8/h6-8H,1-5H2,(H,14,15). The van der Waals surface area contributed by atoms with Gasteiger partial charge in [0, 0.05) is 19.4 Å². The lowest BCUT2D eigenvalue weighted by atomic mass is 9.95. The number of carboxylic acids is 1. The second-order valence-electron chi connectivity index (χ2n) is 3.96. The number of ether oxygens (including phenoxy) is 1. The van der Waals surface area contributed by atoms with Crippen LogP contribution < -0.4 is 0 Å². The topological polar surface area (TPSA) is 72.3 Å². The van der Waals surface area contributed by atoms with E-state index in [1.54, 1.807) is 6.20 Å². The predicted octanol–water partition coefficient (Wildman–Crippen LogP) is 1.14. The van der Waals surface area contributed by atoms with Crippen LogP contribution in [-0.4, -0.2) is 34.3 Å². The summed E-state index contributed by atoms with van der Waals surface area (Å²) < 4.78 is 5.27. The Morgan fingerprint density at radius 2 is 2.12 bits per heavy atom. The number of rotatable bonds is 3. The minimum absolute atomic E-state index is 0.00396. The molecule has 1 fully saturated rings. The van der Waals surface area contributed by atoms with E-state index in [2.05, 4.69) is 9.97 Å². The number of carbonyl (C=O) groups is 1. The van der Waals surface area contributed by atoms with E-state index in [4.69, 9.17) is 9.84 Å². The van der Waals surface area contributed by atoms with E-state index in [1.165, 1.54) is 6.20 Å². The van der Waals surface area contributed by atoms with Gasteiger partial charge < -0.3 is 9.84 Å². The molecule has 0 aliphatic carbocycles. The average Bonchev–Trinajstić information content (AvgIpc) is 2.31. The number of aromatic nitrogens is 2. The van der Waals surface area contributed by atoms with Crippen molar-refractivity contribution in [1.82, 2.24) is 9.97 Å². The molecule has 2 rings (SSSR count). The number of hydrogen-bond donors (Lipinski definition) is 1. The van der Waals surface area contributed by atoms with Gasteiger partial charge in [-0.2, -0.15) is 0 Å². The Morgan fingerprint density at radius 1 is 1.38 bits per heavy atom. The van der Waals surface area contributed by atoms with E-state index in [9.17, 15) is 4.79 Å². The van der Waals surface area contributed by atoms with Gasteiger partial charge in [-0.15, -0.1) is 0 Å². The SMILES string of the molecule is O=C(O)c1cnc(CC2CCOCC2)cn1. The number of carboxylic acid groups (broad SMARTS) is 1. The van der Waals surface area contributed by atoms with E-state index in [1.807, 2.05) is 0 Å². The molecule has 0 aromatic carbocycles. The van der Waals surface area contributed by atoms with Crippen LogP contribution >= 0.6 is 0 Å². The van der Waals surface area contributed by atoms with E-state index < -0.39 is 5.97 Å². The van der Waals surface area contributed by atoms with Crippen LogP contribution in [0.3, 0.4) is 0 Å². The van der Waals surface area contributed by atoms with Crippen molar-refractivity contribution in [3.05, 3.63) is 23.8 Å². The molecule has 0 unspecified atom stereocenters. The molecule has 0 bridgehead atoms. The van der Waals surface area contributed by atoms with Crippen molar-refractivity contribution < 1.29 is 14.6 Å². The van der Waals surface area contributed by atoms with Crippen molar-refractivity contribution in [3.63, 3.8) is 0 Å². The Bertz CT molecular complexity index is 358. The molecule has 1 aromatic rings. The van der Waals surface area contributed by atoms with Crippen molar-refractivity contribution in [1.29, 1.82) is 0 Å². The molecule has 0 saturated carbocycles. The molecule has 1 aromatic heterocycles. The summed E-state index contributed by atoms with van der Waals surface area (Å²) >= 11 is 0. The lowest BCUT2D eigenvalue weighted by Gasteiger charge is -2.21. The minimum Gasteiger partial charge on any atom is -0.476 e. The fourth-order valence-electron chi connectivity index (χ4n) is 1.82. The molecule has 5 heteroatoms. The number of nitrogens with zero attached hydrogens (tertiary/aromatic N) is 2. The smallest absolute Gasteiger partial charge is 0.356 e. The highest BCUT2D eigenvalue weighted by Crippen LogP contribution is 2.18. The second kappa shape index (κ2) is 5.03. The number of aromatic carboxylic acids is 1. The molecule has 0 amide bonds. The Morgan fingerprint density at radius 3 is 2.69 bits per heavy atom. The van der Waals surface area contributed by atoms with Gasteiger partial charge in [-0.05, 0) is 25.2 Å². The van der Waals surface area contributed by atoms with E-state index in [0.717, 1.165) is 38.2 Å². The van der Waals surface area contributed by atoms with Gasteiger partial charge in [0.1, 0.15) is 0 Å². The first-order valence-corrected chi connectivity index (χ1v) is 5.37.